The summed E-state index contributed by atoms with van der Waals surface area (Å²) in [6.07, 6.45) is 2.09. The Balaban J connectivity index is 2.72. The van der Waals surface area contributed by atoms with Gasteiger partial charge in [0.15, 0.2) is 0 Å². The molecule has 0 fully saturated rings. The fourth-order valence-corrected chi connectivity index (χ4v) is 3.29. The number of halogens is 1. The summed E-state index contributed by atoms with van der Waals surface area (Å²) in [5.74, 6) is -0.848. The van der Waals surface area contributed by atoms with Crippen molar-refractivity contribution in [3.05, 3.63) is 34.9 Å². The van der Waals surface area contributed by atoms with E-state index in [-0.39, 0.29) is 5.54 Å². The van der Waals surface area contributed by atoms with Gasteiger partial charge in [-0.25, -0.2) is 4.79 Å². The molecule has 0 aromatic heterocycles. The van der Waals surface area contributed by atoms with Crippen LogP contribution in [0.1, 0.15) is 40.2 Å². The lowest BCUT2D eigenvalue weighted by molar-refractivity contribution is -0.142. The van der Waals surface area contributed by atoms with E-state index >= 15 is 0 Å². The van der Waals surface area contributed by atoms with Crippen molar-refractivity contribution in [2.24, 2.45) is 0 Å². The number of rotatable bonds is 2. The third kappa shape index (κ3) is 2.20. The number of hydrogen-bond acceptors (Lipinski definition) is 2. The molecule has 1 aromatic carbocycles. The molecule has 108 valence electrons. The normalized spacial score (nSPS) is 17.5. The summed E-state index contributed by atoms with van der Waals surface area (Å²) < 4.78 is 0. The second-order valence-corrected chi connectivity index (χ2v) is 6.78. The SMILES string of the molecule is CC1=CC(C)(C)N(C(C)(C)C(=O)O)c2ccc(Cl)cc21. The zero-order valence-corrected chi connectivity index (χ0v) is 13.2. The summed E-state index contributed by atoms with van der Waals surface area (Å²) in [4.78, 5) is 13.6. The maximum Gasteiger partial charge on any atom is 0.328 e. The lowest BCUT2D eigenvalue weighted by Crippen LogP contribution is -2.60. The van der Waals surface area contributed by atoms with E-state index in [0.29, 0.717) is 5.02 Å². The predicted molar refractivity (Wildman–Crippen MR) is 83.4 cm³/mol. The second kappa shape index (κ2) is 4.52. The average Bonchev–Trinajstić information content (AvgIpc) is 2.28. The van der Waals surface area contributed by atoms with Crippen LogP contribution in [0.25, 0.3) is 5.57 Å². The molecule has 1 heterocycles. The molecule has 0 unspecified atom stereocenters. The maximum absolute atomic E-state index is 11.7. The Morgan fingerprint density at radius 2 is 1.95 bits per heavy atom. The van der Waals surface area contributed by atoms with Crippen LogP contribution in [0.4, 0.5) is 5.69 Å². The summed E-state index contributed by atoms with van der Waals surface area (Å²) in [5.41, 5.74) is 1.62. The van der Waals surface area contributed by atoms with Gasteiger partial charge in [-0.2, -0.15) is 0 Å². The van der Waals surface area contributed by atoms with Gasteiger partial charge in [-0.1, -0.05) is 17.7 Å². The van der Waals surface area contributed by atoms with Crippen molar-refractivity contribution in [1.29, 1.82) is 0 Å². The number of nitrogens with zero attached hydrogens (tertiary/aromatic N) is 1. The predicted octanol–water partition coefficient (Wildman–Crippen LogP) is 4.21. The fraction of sp³-hybridized carbons (Fsp3) is 0.438. The number of carboxylic acid groups (broad SMARTS) is 1. The highest BCUT2D eigenvalue weighted by molar-refractivity contribution is 6.30. The molecule has 4 heteroatoms. The van der Waals surface area contributed by atoms with Crippen LogP contribution in [0, 0.1) is 0 Å². The Hall–Kier alpha value is -1.48. The first-order chi connectivity index (χ1) is 9.07. The van der Waals surface area contributed by atoms with Gasteiger partial charge in [-0.15, -0.1) is 0 Å². The molecular weight excluding hydrogens is 274 g/mol. The van der Waals surface area contributed by atoms with E-state index in [0.717, 1.165) is 16.8 Å². The topological polar surface area (TPSA) is 40.5 Å². The minimum atomic E-state index is -1.01. The Morgan fingerprint density at radius 3 is 2.50 bits per heavy atom. The van der Waals surface area contributed by atoms with E-state index in [1.807, 2.05) is 37.8 Å². The van der Waals surface area contributed by atoms with Crippen molar-refractivity contribution in [2.45, 2.75) is 45.7 Å². The lowest BCUT2D eigenvalue weighted by Gasteiger charge is -2.50. The summed E-state index contributed by atoms with van der Waals surface area (Å²) in [6, 6.07) is 5.60. The van der Waals surface area contributed by atoms with E-state index in [2.05, 4.69) is 6.08 Å². The third-order valence-corrected chi connectivity index (χ3v) is 4.09. The van der Waals surface area contributed by atoms with Crippen LogP contribution in [-0.4, -0.2) is 22.2 Å². The van der Waals surface area contributed by atoms with Crippen molar-refractivity contribution >= 4 is 28.8 Å². The van der Waals surface area contributed by atoms with E-state index in [1.54, 1.807) is 19.9 Å². The van der Waals surface area contributed by atoms with Gasteiger partial charge < -0.3 is 10.0 Å². The smallest absolute Gasteiger partial charge is 0.328 e. The van der Waals surface area contributed by atoms with Gasteiger partial charge in [0.2, 0.25) is 0 Å². The fourth-order valence-electron chi connectivity index (χ4n) is 3.12. The molecule has 3 nitrogen and oxygen atoms in total. The van der Waals surface area contributed by atoms with Gasteiger partial charge in [0.1, 0.15) is 5.54 Å². The average molecular weight is 294 g/mol. The summed E-state index contributed by atoms with van der Waals surface area (Å²) >= 11 is 6.08. The van der Waals surface area contributed by atoms with E-state index in [9.17, 15) is 9.90 Å². The molecule has 0 aliphatic carbocycles. The van der Waals surface area contributed by atoms with E-state index in [4.69, 9.17) is 11.6 Å². The number of carboxylic acids is 1. The molecule has 0 radical (unpaired) electrons. The highest BCUT2D eigenvalue weighted by atomic mass is 35.5. The van der Waals surface area contributed by atoms with Crippen molar-refractivity contribution in [2.75, 3.05) is 4.90 Å². The Kier molecular flexibility index (Phi) is 3.37. The highest BCUT2D eigenvalue weighted by Crippen LogP contribution is 2.43. The van der Waals surface area contributed by atoms with Crippen LogP contribution < -0.4 is 4.90 Å². The molecule has 0 saturated heterocycles. The number of benzene rings is 1. The Morgan fingerprint density at radius 1 is 1.35 bits per heavy atom. The first kappa shape index (κ1) is 14.9. The zero-order chi connectivity index (χ0) is 15.3. The first-order valence-corrected chi connectivity index (χ1v) is 6.98. The van der Waals surface area contributed by atoms with Crippen LogP contribution >= 0.6 is 11.6 Å². The summed E-state index contributed by atoms with van der Waals surface area (Å²) in [5, 5.41) is 10.2. The molecule has 1 N–H and O–H groups in total. The second-order valence-electron chi connectivity index (χ2n) is 6.34. The number of anilines is 1. The molecule has 0 saturated carbocycles. The molecule has 1 aliphatic heterocycles. The number of aliphatic carboxylic acids is 1. The molecule has 1 aromatic rings. The van der Waals surface area contributed by atoms with Crippen molar-refractivity contribution < 1.29 is 9.90 Å². The highest BCUT2D eigenvalue weighted by Gasteiger charge is 2.44. The third-order valence-electron chi connectivity index (χ3n) is 3.85. The van der Waals surface area contributed by atoms with Crippen LogP contribution in [0.15, 0.2) is 24.3 Å². The molecule has 20 heavy (non-hydrogen) atoms. The van der Waals surface area contributed by atoms with Crippen LogP contribution in [-0.2, 0) is 4.79 Å². The largest absolute Gasteiger partial charge is 0.480 e. The van der Waals surface area contributed by atoms with E-state index < -0.39 is 11.5 Å². The van der Waals surface area contributed by atoms with Gasteiger partial charge in [-0.3, -0.25) is 0 Å². The van der Waals surface area contributed by atoms with Gasteiger partial charge in [-0.05, 0) is 58.4 Å². The van der Waals surface area contributed by atoms with Gasteiger partial charge in [0.25, 0.3) is 0 Å². The standard InChI is InChI=1S/C16H20ClNO2/c1-10-9-15(2,3)18(16(4,5)14(19)20)13-7-6-11(17)8-12(10)13/h6-9H,1-5H3,(H,19,20). The summed E-state index contributed by atoms with van der Waals surface area (Å²) in [7, 11) is 0. The monoisotopic (exact) mass is 293 g/mol. The maximum atomic E-state index is 11.7. The van der Waals surface area contributed by atoms with Crippen LogP contribution in [0.5, 0.6) is 0 Å². The Bertz CT molecular complexity index is 602. The molecule has 1 aliphatic rings. The Labute approximate surface area is 124 Å². The molecule has 0 spiro atoms. The number of fused-ring (bicyclic) bond motifs is 1. The lowest BCUT2D eigenvalue weighted by atomic mass is 9.84. The minimum absolute atomic E-state index is 0.382. The minimum Gasteiger partial charge on any atom is -0.480 e. The molecule has 0 atom stereocenters. The van der Waals surface area contributed by atoms with Gasteiger partial charge >= 0.3 is 5.97 Å². The number of hydrogen-bond donors (Lipinski definition) is 1. The molecular formula is C16H20ClNO2. The first-order valence-electron chi connectivity index (χ1n) is 6.60. The van der Waals surface area contributed by atoms with Crippen molar-refractivity contribution in [3.8, 4) is 0 Å². The van der Waals surface area contributed by atoms with Crippen molar-refractivity contribution in [3.63, 3.8) is 0 Å². The van der Waals surface area contributed by atoms with Crippen LogP contribution in [0.2, 0.25) is 5.02 Å². The summed E-state index contributed by atoms with van der Waals surface area (Å²) in [6.45, 7) is 9.54. The van der Waals surface area contributed by atoms with Gasteiger partial charge in [0, 0.05) is 16.3 Å². The quantitative estimate of drug-likeness (QED) is 0.888. The zero-order valence-electron chi connectivity index (χ0n) is 12.5. The number of carbonyl (C=O) groups is 1. The van der Waals surface area contributed by atoms with Crippen LogP contribution in [0.3, 0.4) is 0 Å². The molecule has 2 rings (SSSR count). The van der Waals surface area contributed by atoms with Crippen molar-refractivity contribution in [1.82, 2.24) is 0 Å². The number of allylic oxidation sites excluding steroid dienone is 1. The molecule has 0 bridgehead atoms. The molecule has 0 amide bonds. The van der Waals surface area contributed by atoms with Gasteiger partial charge in [0.05, 0.1) is 5.54 Å². The van der Waals surface area contributed by atoms with E-state index in [1.165, 1.54) is 0 Å².